The van der Waals surface area contributed by atoms with Gasteiger partial charge in [0.15, 0.2) is 0 Å². The average molecular weight is 330 g/mol. The first kappa shape index (κ1) is 11.3. The van der Waals surface area contributed by atoms with E-state index in [-0.39, 0.29) is 5.97 Å². The van der Waals surface area contributed by atoms with Crippen molar-refractivity contribution in [3.8, 4) is 0 Å². The van der Waals surface area contributed by atoms with Gasteiger partial charge in [0.05, 0.1) is 6.61 Å². The van der Waals surface area contributed by atoms with Crippen molar-refractivity contribution in [2.75, 3.05) is 12.3 Å². The molecule has 0 saturated heterocycles. The summed E-state index contributed by atoms with van der Waals surface area (Å²) in [4.78, 5) is 14.7. The molecule has 0 spiro atoms. The molecular weight excluding hydrogens is 319 g/mol. The third kappa shape index (κ3) is 1.87. The Morgan fingerprint density at radius 2 is 2.31 bits per heavy atom. The molecule has 4 nitrogen and oxygen atoms in total. The quantitative estimate of drug-likeness (QED) is 0.657. The van der Waals surface area contributed by atoms with Gasteiger partial charge in [-0.1, -0.05) is 6.07 Å². The Bertz CT molecular complexity index is 548. The van der Waals surface area contributed by atoms with Crippen LogP contribution in [0.1, 0.15) is 17.3 Å². The fourth-order valence-corrected chi connectivity index (χ4v) is 2.10. The number of rotatable bonds is 2. The van der Waals surface area contributed by atoms with Gasteiger partial charge >= 0.3 is 5.97 Å². The smallest absolute Gasteiger partial charge is 0.342 e. The summed E-state index contributed by atoms with van der Waals surface area (Å²) in [6.07, 6.45) is 0. The summed E-state index contributed by atoms with van der Waals surface area (Å²) in [7, 11) is 0. The second-order valence-corrected chi connectivity index (χ2v) is 4.57. The first-order valence-corrected chi connectivity index (χ1v) is 5.95. The topological polar surface area (TPSA) is 68.1 Å². The van der Waals surface area contributed by atoms with Crippen LogP contribution in [0.3, 0.4) is 0 Å². The zero-order valence-electron chi connectivity index (χ0n) is 8.71. The highest BCUT2D eigenvalue weighted by molar-refractivity contribution is 14.1. The Balaban J connectivity index is 2.60. The number of halogens is 1. The van der Waals surface area contributed by atoms with E-state index in [1.807, 2.05) is 18.2 Å². The minimum absolute atomic E-state index is 0.343. The lowest BCUT2D eigenvalue weighted by atomic mass is 10.1. The zero-order valence-corrected chi connectivity index (χ0v) is 10.9. The van der Waals surface area contributed by atoms with Crippen LogP contribution in [0.4, 0.5) is 5.82 Å². The summed E-state index contributed by atoms with van der Waals surface area (Å²) in [6, 6.07) is 5.74. The van der Waals surface area contributed by atoms with Crippen LogP contribution >= 0.6 is 22.6 Å². The largest absolute Gasteiger partial charge is 0.462 e. The lowest BCUT2D eigenvalue weighted by Crippen LogP contribution is -2.06. The number of benzene rings is 1. The number of hydrogen-bond acceptors (Lipinski definition) is 3. The summed E-state index contributed by atoms with van der Waals surface area (Å²) in [6.45, 7) is 2.11. The second kappa shape index (κ2) is 4.32. The highest BCUT2D eigenvalue weighted by Crippen LogP contribution is 2.26. The lowest BCUT2D eigenvalue weighted by molar-refractivity contribution is 0.0530. The third-order valence-electron chi connectivity index (χ3n) is 2.27. The van der Waals surface area contributed by atoms with E-state index in [1.165, 1.54) is 0 Å². The monoisotopic (exact) mass is 330 g/mol. The van der Waals surface area contributed by atoms with Gasteiger partial charge in [-0.05, 0) is 41.6 Å². The number of fused-ring (bicyclic) bond motifs is 1. The minimum Gasteiger partial charge on any atom is -0.462 e. The van der Waals surface area contributed by atoms with Crippen LogP contribution in [0.25, 0.3) is 10.9 Å². The van der Waals surface area contributed by atoms with Crippen LogP contribution in [0.15, 0.2) is 18.2 Å². The maximum absolute atomic E-state index is 11.7. The van der Waals surface area contributed by atoms with Crippen molar-refractivity contribution in [2.45, 2.75) is 6.92 Å². The fraction of sp³-hybridized carbons (Fsp3) is 0.182. The van der Waals surface area contributed by atoms with Gasteiger partial charge in [0.25, 0.3) is 0 Å². The van der Waals surface area contributed by atoms with Crippen molar-refractivity contribution in [3.05, 3.63) is 27.3 Å². The molecule has 0 fully saturated rings. The molecule has 1 aromatic heterocycles. The Hall–Kier alpha value is -1.24. The molecule has 16 heavy (non-hydrogen) atoms. The Morgan fingerprint density at radius 3 is 3.00 bits per heavy atom. The van der Waals surface area contributed by atoms with Gasteiger partial charge in [-0.3, -0.25) is 0 Å². The highest BCUT2D eigenvalue weighted by Gasteiger charge is 2.17. The van der Waals surface area contributed by atoms with E-state index in [9.17, 15) is 4.79 Å². The molecular formula is C11H11IN2O2. The zero-order chi connectivity index (χ0) is 11.7. The standard InChI is InChI=1S/C11H11IN2O2/c1-2-16-11(15)9-7-4-3-6(12)5-8(7)14-10(9)13/h3-5,14H,2,13H2,1H3. The van der Waals surface area contributed by atoms with E-state index in [0.717, 1.165) is 14.5 Å². The fourth-order valence-electron chi connectivity index (χ4n) is 1.61. The van der Waals surface area contributed by atoms with Crippen molar-refractivity contribution in [1.82, 2.24) is 4.98 Å². The number of nitrogens with one attached hydrogen (secondary N) is 1. The Labute approximate surface area is 106 Å². The maximum Gasteiger partial charge on any atom is 0.342 e. The molecule has 0 bridgehead atoms. The molecule has 0 aliphatic heterocycles. The summed E-state index contributed by atoms with van der Waals surface area (Å²) >= 11 is 2.21. The molecule has 0 radical (unpaired) electrons. The van der Waals surface area contributed by atoms with E-state index in [4.69, 9.17) is 10.5 Å². The van der Waals surface area contributed by atoms with E-state index in [1.54, 1.807) is 6.92 Å². The number of aromatic amines is 1. The molecule has 0 aliphatic rings. The Kier molecular flexibility index (Phi) is 3.04. The summed E-state index contributed by atoms with van der Waals surface area (Å²) in [5, 5.41) is 0.802. The van der Waals surface area contributed by atoms with Crippen LogP contribution in [0.2, 0.25) is 0 Å². The molecule has 1 heterocycles. The number of aromatic nitrogens is 1. The second-order valence-electron chi connectivity index (χ2n) is 3.32. The number of ether oxygens (including phenoxy) is 1. The molecule has 0 aliphatic carbocycles. The van der Waals surface area contributed by atoms with E-state index in [0.29, 0.717) is 18.0 Å². The van der Waals surface area contributed by atoms with Crippen LogP contribution in [0.5, 0.6) is 0 Å². The highest BCUT2D eigenvalue weighted by atomic mass is 127. The van der Waals surface area contributed by atoms with Crippen LogP contribution in [0, 0.1) is 3.57 Å². The molecule has 5 heteroatoms. The molecule has 0 amide bonds. The van der Waals surface area contributed by atoms with Crippen molar-refractivity contribution < 1.29 is 9.53 Å². The van der Waals surface area contributed by atoms with Gasteiger partial charge in [0.2, 0.25) is 0 Å². The van der Waals surface area contributed by atoms with Crippen LogP contribution in [-0.2, 0) is 4.74 Å². The number of esters is 1. The first-order chi connectivity index (χ1) is 7.63. The normalized spacial score (nSPS) is 10.6. The summed E-state index contributed by atoms with van der Waals surface area (Å²) in [5.41, 5.74) is 7.05. The van der Waals surface area contributed by atoms with Gasteiger partial charge in [-0.15, -0.1) is 0 Å². The van der Waals surface area contributed by atoms with Gasteiger partial charge in [-0.25, -0.2) is 4.79 Å². The van der Waals surface area contributed by atoms with E-state index >= 15 is 0 Å². The summed E-state index contributed by atoms with van der Waals surface area (Å²) < 4.78 is 6.05. The third-order valence-corrected chi connectivity index (χ3v) is 2.94. The molecule has 0 unspecified atom stereocenters. The van der Waals surface area contributed by atoms with Gasteiger partial charge in [-0.2, -0.15) is 0 Å². The number of nitrogen functional groups attached to an aromatic ring is 1. The number of carbonyl (C=O) groups is 1. The molecule has 0 atom stereocenters. The van der Waals surface area contributed by atoms with Crippen molar-refractivity contribution in [1.29, 1.82) is 0 Å². The van der Waals surface area contributed by atoms with Gasteiger partial charge in [0.1, 0.15) is 11.4 Å². The summed E-state index contributed by atoms with van der Waals surface area (Å²) in [5.74, 6) is -0.0251. The van der Waals surface area contributed by atoms with Crippen molar-refractivity contribution >= 4 is 45.3 Å². The minimum atomic E-state index is -0.382. The predicted octanol–water partition coefficient (Wildman–Crippen LogP) is 2.53. The Morgan fingerprint density at radius 1 is 1.56 bits per heavy atom. The number of H-pyrrole nitrogens is 1. The SMILES string of the molecule is CCOC(=O)c1c(N)[nH]c2cc(I)ccc12. The molecule has 2 rings (SSSR count). The number of hydrogen-bond donors (Lipinski definition) is 2. The predicted molar refractivity (Wildman–Crippen MR) is 71.4 cm³/mol. The number of anilines is 1. The molecule has 2 aromatic rings. The van der Waals surface area contributed by atoms with Crippen molar-refractivity contribution in [2.24, 2.45) is 0 Å². The molecule has 1 aromatic carbocycles. The molecule has 84 valence electrons. The van der Waals surface area contributed by atoms with Crippen LogP contribution < -0.4 is 5.73 Å². The van der Waals surface area contributed by atoms with Crippen molar-refractivity contribution in [3.63, 3.8) is 0 Å². The molecule has 3 N–H and O–H groups in total. The average Bonchev–Trinajstić information content (AvgIpc) is 2.53. The van der Waals surface area contributed by atoms with Crippen LogP contribution in [-0.4, -0.2) is 17.6 Å². The van der Waals surface area contributed by atoms with E-state index in [2.05, 4.69) is 27.6 Å². The molecule has 0 saturated carbocycles. The number of nitrogens with two attached hydrogens (primary N) is 1. The first-order valence-electron chi connectivity index (χ1n) is 4.87. The maximum atomic E-state index is 11.7. The van der Waals surface area contributed by atoms with Gasteiger partial charge in [0, 0.05) is 14.5 Å². The van der Waals surface area contributed by atoms with Gasteiger partial charge < -0.3 is 15.5 Å². The number of carbonyl (C=O) groups excluding carboxylic acids is 1. The van der Waals surface area contributed by atoms with E-state index < -0.39 is 0 Å². The lowest BCUT2D eigenvalue weighted by Gasteiger charge is -2.00.